The largest absolute Gasteiger partial charge is 0.395 e. The number of nitrogens with one attached hydrogen (secondary N) is 1. The van der Waals surface area contributed by atoms with Gasteiger partial charge in [0.1, 0.15) is 6.10 Å². The van der Waals surface area contributed by atoms with Crippen LogP contribution in [0.15, 0.2) is 0 Å². The third-order valence-electron chi connectivity index (χ3n) is 2.30. The highest BCUT2D eigenvalue weighted by atomic mass is 16.4. The van der Waals surface area contributed by atoms with E-state index in [0.717, 1.165) is 0 Å². The molecule has 0 aliphatic carbocycles. The van der Waals surface area contributed by atoms with Crippen LogP contribution in [0.3, 0.4) is 0 Å². The van der Waals surface area contributed by atoms with E-state index in [2.05, 4.69) is 5.32 Å². The molecule has 0 aromatic heterocycles. The molecule has 0 aromatic carbocycles. The van der Waals surface area contributed by atoms with Crippen molar-refractivity contribution in [3.8, 4) is 0 Å². The third kappa shape index (κ3) is 1.60. The van der Waals surface area contributed by atoms with E-state index in [9.17, 15) is 15.3 Å². The van der Waals surface area contributed by atoms with Gasteiger partial charge in [-0.25, -0.2) is 0 Å². The summed E-state index contributed by atoms with van der Waals surface area (Å²) < 4.78 is 0. The van der Waals surface area contributed by atoms with Crippen LogP contribution in [-0.2, 0) is 0 Å². The molecule has 0 spiro atoms. The lowest BCUT2D eigenvalue weighted by Crippen LogP contribution is -2.64. The maximum Gasteiger partial charge on any atom is 0.109 e. The van der Waals surface area contributed by atoms with Crippen LogP contribution in [0.25, 0.3) is 0 Å². The Morgan fingerprint density at radius 2 is 1.67 bits per heavy atom. The molecule has 12 heavy (non-hydrogen) atoms. The first kappa shape index (κ1) is 9.88. The molecule has 1 rings (SSSR count). The Labute approximate surface area is 70.6 Å². The van der Waals surface area contributed by atoms with Gasteiger partial charge in [-0.2, -0.15) is 0 Å². The van der Waals surface area contributed by atoms with Crippen LogP contribution in [0.2, 0.25) is 0 Å². The molecule has 0 amide bonds. The standard InChI is InChI=1S/C7H15NO4/c1-3-5(10)7(12)6(11)4(2-9)8-3/h3-12H,2H2,1H3/t3-,4-,5+,6+,7+/m0/s1. The molecule has 5 atom stereocenters. The molecule has 1 fully saturated rings. The van der Waals surface area contributed by atoms with E-state index in [1.54, 1.807) is 6.92 Å². The molecule has 0 saturated carbocycles. The molecular formula is C7H15NO4. The van der Waals surface area contributed by atoms with Crippen LogP contribution >= 0.6 is 0 Å². The number of hydrogen-bond acceptors (Lipinski definition) is 5. The summed E-state index contributed by atoms with van der Waals surface area (Å²) >= 11 is 0. The van der Waals surface area contributed by atoms with Gasteiger partial charge in [-0.05, 0) is 6.92 Å². The van der Waals surface area contributed by atoms with Crippen LogP contribution in [0.4, 0.5) is 0 Å². The topological polar surface area (TPSA) is 93.0 Å². The van der Waals surface area contributed by atoms with Crippen molar-refractivity contribution in [2.75, 3.05) is 6.61 Å². The van der Waals surface area contributed by atoms with Crippen molar-refractivity contribution in [1.82, 2.24) is 5.32 Å². The van der Waals surface area contributed by atoms with Crippen molar-refractivity contribution < 1.29 is 20.4 Å². The Bertz CT molecular complexity index is 150. The fraction of sp³-hybridized carbons (Fsp3) is 1.00. The Balaban J connectivity index is 2.63. The molecule has 1 aliphatic rings. The van der Waals surface area contributed by atoms with Gasteiger partial charge in [0.05, 0.1) is 24.9 Å². The molecule has 5 N–H and O–H groups in total. The lowest BCUT2D eigenvalue weighted by Gasteiger charge is -2.39. The number of hydrogen-bond donors (Lipinski definition) is 5. The second kappa shape index (κ2) is 3.68. The summed E-state index contributed by atoms with van der Waals surface area (Å²) in [4.78, 5) is 0. The van der Waals surface area contributed by atoms with E-state index in [-0.39, 0.29) is 12.6 Å². The van der Waals surface area contributed by atoms with Gasteiger partial charge in [-0.1, -0.05) is 0 Å². The van der Waals surface area contributed by atoms with Crippen LogP contribution in [0.1, 0.15) is 6.92 Å². The number of piperidine rings is 1. The van der Waals surface area contributed by atoms with E-state index < -0.39 is 24.4 Å². The van der Waals surface area contributed by atoms with Crippen molar-refractivity contribution in [2.24, 2.45) is 0 Å². The lowest BCUT2D eigenvalue weighted by molar-refractivity contribution is -0.116. The van der Waals surface area contributed by atoms with Gasteiger partial charge >= 0.3 is 0 Å². The van der Waals surface area contributed by atoms with E-state index in [1.807, 2.05) is 0 Å². The summed E-state index contributed by atoms with van der Waals surface area (Å²) in [6, 6.07) is -0.876. The highest BCUT2D eigenvalue weighted by molar-refractivity contribution is 4.96. The van der Waals surface area contributed by atoms with Crippen molar-refractivity contribution in [1.29, 1.82) is 0 Å². The quantitative estimate of drug-likeness (QED) is 0.303. The zero-order chi connectivity index (χ0) is 9.30. The van der Waals surface area contributed by atoms with Crippen LogP contribution in [0, 0.1) is 0 Å². The van der Waals surface area contributed by atoms with Gasteiger partial charge < -0.3 is 25.7 Å². The van der Waals surface area contributed by atoms with Crippen molar-refractivity contribution in [2.45, 2.75) is 37.3 Å². The SMILES string of the molecule is C[C@@H]1N[C@@H](CO)[C@@H](O)[C@H](O)[C@@H]1O. The maximum atomic E-state index is 9.29. The van der Waals surface area contributed by atoms with Gasteiger partial charge in [0.2, 0.25) is 0 Å². The summed E-state index contributed by atoms with van der Waals surface area (Å²) in [5, 5.41) is 39.4. The highest BCUT2D eigenvalue weighted by Gasteiger charge is 2.39. The van der Waals surface area contributed by atoms with E-state index >= 15 is 0 Å². The minimum Gasteiger partial charge on any atom is -0.395 e. The lowest BCUT2D eigenvalue weighted by atomic mass is 9.91. The van der Waals surface area contributed by atoms with Gasteiger partial charge in [0.25, 0.3) is 0 Å². The second-order valence-corrected chi connectivity index (χ2v) is 3.22. The highest BCUT2D eigenvalue weighted by Crippen LogP contribution is 2.14. The maximum absolute atomic E-state index is 9.29. The van der Waals surface area contributed by atoms with Gasteiger partial charge in [0, 0.05) is 6.04 Å². The number of aliphatic hydroxyl groups is 4. The molecule has 0 unspecified atom stereocenters. The Hall–Kier alpha value is -0.200. The zero-order valence-corrected chi connectivity index (χ0v) is 6.88. The molecule has 0 radical (unpaired) electrons. The predicted molar refractivity (Wildman–Crippen MR) is 41.5 cm³/mol. The average molecular weight is 177 g/mol. The fourth-order valence-corrected chi connectivity index (χ4v) is 1.43. The van der Waals surface area contributed by atoms with Gasteiger partial charge in [-0.3, -0.25) is 0 Å². The minimum absolute atomic E-state index is 0.255. The smallest absolute Gasteiger partial charge is 0.109 e. The molecule has 1 aliphatic heterocycles. The first-order valence-corrected chi connectivity index (χ1v) is 3.99. The normalized spacial score (nSPS) is 49.2. The molecule has 0 aromatic rings. The summed E-state index contributed by atoms with van der Waals surface area (Å²) in [6.45, 7) is 1.43. The van der Waals surface area contributed by atoms with Crippen LogP contribution < -0.4 is 5.32 Å². The van der Waals surface area contributed by atoms with Crippen molar-refractivity contribution >= 4 is 0 Å². The molecule has 1 heterocycles. The molecule has 5 nitrogen and oxygen atoms in total. The van der Waals surface area contributed by atoms with Crippen LogP contribution in [0.5, 0.6) is 0 Å². The second-order valence-electron chi connectivity index (χ2n) is 3.22. The van der Waals surface area contributed by atoms with Gasteiger partial charge in [0.15, 0.2) is 0 Å². The van der Waals surface area contributed by atoms with Gasteiger partial charge in [-0.15, -0.1) is 0 Å². The summed E-state index contributed by atoms with van der Waals surface area (Å²) in [6.07, 6.45) is -3.28. The number of rotatable bonds is 1. The molecule has 1 saturated heterocycles. The van der Waals surface area contributed by atoms with Crippen molar-refractivity contribution in [3.63, 3.8) is 0 Å². The summed E-state index contributed by atoms with van der Waals surface area (Å²) in [5.41, 5.74) is 0. The fourth-order valence-electron chi connectivity index (χ4n) is 1.43. The molecule has 0 bridgehead atoms. The first-order valence-electron chi connectivity index (χ1n) is 3.99. The molecule has 5 heteroatoms. The van der Waals surface area contributed by atoms with E-state index in [0.29, 0.717) is 0 Å². The monoisotopic (exact) mass is 177 g/mol. The summed E-state index contributed by atoms with van der Waals surface area (Å²) in [5.74, 6) is 0. The Morgan fingerprint density at radius 3 is 2.17 bits per heavy atom. The zero-order valence-electron chi connectivity index (χ0n) is 6.88. The molecule has 72 valence electrons. The average Bonchev–Trinajstić information content (AvgIpc) is 2.08. The minimum atomic E-state index is -1.18. The predicted octanol–water partition coefficient (Wildman–Crippen LogP) is -2.58. The van der Waals surface area contributed by atoms with E-state index in [4.69, 9.17) is 5.11 Å². The summed E-state index contributed by atoms with van der Waals surface area (Å²) in [7, 11) is 0. The number of aliphatic hydroxyl groups excluding tert-OH is 4. The Kier molecular flexibility index (Phi) is 3.03. The first-order chi connectivity index (χ1) is 5.57. The van der Waals surface area contributed by atoms with Crippen molar-refractivity contribution in [3.05, 3.63) is 0 Å². The van der Waals surface area contributed by atoms with Crippen LogP contribution in [-0.4, -0.2) is 57.4 Å². The van der Waals surface area contributed by atoms with E-state index in [1.165, 1.54) is 0 Å². The molecular weight excluding hydrogens is 162 g/mol. The Morgan fingerprint density at radius 1 is 1.08 bits per heavy atom. The third-order valence-corrected chi connectivity index (χ3v) is 2.30.